The molecule has 1 atom stereocenters. The van der Waals surface area contributed by atoms with E-state index < -0.39 is 0 Å². The van der Waals surface area contributed by atoms with Crippen molar-refractivity contribution in [3.8, 4) is 5.75 Å². The number of rotatable bonds is 4. The van der Waals surface area contributed by atoms with Crippen LogP contribution in [-0.4, -0.2) is 16.3 Å². The first-order valence-electron chi connectivity index (χ1n) is 5.30. The van der Waals surface area contributed by atoms with E-state index >= 15 is 0 Å². The predicted octanol–water partition coefficient (Wildman–Crippen LogP) is 2.10. The lowest BCUT2D eigenvalue weighted by Gasteiger charge is -2.16. The normalized spacial score (nSPS) is 12.4. The van der Waals surface area contributed by atoms with Gasteiger partial charge in [-0.1, -0.05) is 6.07 Å². The number of benzene rings is 1. The quantitative estimate of drug-likeness (QED) is 0.865. The zero-order valence-corrected chi connectivity index (χ0v) is 11.7. The predicted molar refractivity (Wildman–Crippen MR) is 74.8 cm³/mol. The molecule has 1 aromatic carbocycles. The van der Waals surface area contributed by atoms with Gasteiger partial charge in [0.2, 0.25) is 0 Å². The Morgan fingerprint density at radius 2 is 2.35 bits per heavy atom. The summed E-state index contributed by atoms with van der Waals surface area (Å²) in [5, 5.41) is 4.12. The van der Waals surface area contributed by atoms with Gasteiger partial charge in [0.05, 0.1) is 6.20 Å². The largest absolute Gasteiger partial charge is 0.484 e. The molecule has 5 heteroatoms. The third-order valence-electron chi connectivity index (χ3n) is 2.39. The molecule has 0 spiro atoms. The number of aromatic nitrogens is 2. The topological polar surface area (TPSA) is 53.1 Å². The van der Waals surface area contributed by atoms with Gasteiger partial charge in [-0.3, -0.25) is 4.68 Å². The molecule has 2 aromatic rings. The highest BCUT2D eigenvalue weighted by Crippen LogP contribution is 2.22. The van der Waals surface area contributed by atoms with E-state index in [4.69, 9.17) is 10.5 Å². The molecule has 0 amide bonds. The van der Waals surface area contributed by atoms with Gasteiger partial charge in [0.15, 0.2) is 0 Å². The molecule has 0 saturated carbocycles. The van der Waals surface area contributed by atoms with Crippen molar-refractivity contribution < 1.29 is 4.74 Å². The molecule has 0 radical (unpaired) electrons. The Morgan fingerprint density at radius 1 is 1.53 bits per heavy atom. The van der Waals surface area contributed by atoms with Crippen LogP contribution < -0.4 is 10.5 Å². The van der Waals surface area contributed by atoms with Crippen molar-refractivity contribution in [2.75, 3.05) is 6.54 Å². The van der Waals surface area contributed by atoms with Gasteiger partial charge >= 0.3 is 0 Å². The molecule has 4 nitrogen and oxygen atoms in total. The van der Waals surface area contributed by atoms with Crippen LogP contribution in [0, 0.1) is 3.57 Å². The summed E-state index contributed by atoms with van der Waals surface area (Å²) in [6.07, 6.45) is 3.55. The van der Waals surface area contributed by atoms with Crippen LogP contribution in [0.25, 0.3) is 0 Å². The van der Waals surface area contributed by atoms with Crippen LogP contribution in [0.5, 0.6) is 5.75 Å². The molecule has 0 fully saturated rings. The van der Waals surface area contributed by atoms with Gasteiger partial charge in [-0.2, -0.15) is 5.10 Å². The highest BCUT2D eigenvalue weighted by Gasteiger charge is 2.13. The molecule has 0 aliphatic heterocycles. The molecule has 90 valence electrons. The van der Waals surface area contributed by atoms with Gasteiger partial charge < -0.3 is 10.5 Å². The van der Waals surface area contributed by atoms with E-state index in [1.807, 2.05) is 37.5 Å². The molecule has 2 rings (SSSR count). The Kier molecular flexibility index (Phi) is 4.01. The Hall–Kier alpha value is -1.08. The second-order valence-corrected chi connectivity index (χ2v) is 4.99. The lowest BCUT2D eigenvalue weighted by molar-refractivity contribution is 0.214. The molecule has 0 saturated heterocycles. The summed E-state index contributed by atoms with van der Waals surface area (Å²) in [6.45, 7) is 0.428. The number of hydrogen-bond acceptors (Lipinski definition) is 3. The minimum absolute atomic E-state index is 0.151. The standard InChI is InChI=1S/C12H14IN3O/c1-16-8-9(7-15-16)12(6-14)17-11-4-2-3-10(13)5-11/h2-5,7-8,12H,6,14H2,1H3. The van der Waals surface area contributed by atoms with Crippen LogP contribution in [0.3, 0.4) is 0 Å². The summed E-state index contributed by atoms with van der Waals surface area (Å²) in [6, 6.07) is 7.91. The smallest absolute Gasteiger partial charge is 0.139 e. The first-order chi connectivity index (χ1) is 8.19. The molecular formula is C12H14IN3O. The number of ether oxygens (including phenoxy) is 1. The van der Waals surface area contributed by atoms with E-state index in [1.165, 1.54) is 0 Å². The molecule has 2 N–H and O–H groups in total. The number of halogens is 1. The molecule has 1 heterocycles. The van der Waals surface area contributed by atoms with Crippen molar-refractivity contribution in [2.45, 2.75) is 6.10 Å². The Morgan fingerprint density at radius 3 is 2.94 bits per heavy atom. The second kappa shape index (κ2) is 5.50. The molecule has 0 bridgehead atoms. The number of nitrogens with two attached hydrogens (primary N) is 1. The van der Waals surface area contributed by atoms with Crippen molar-refractivity contribution in [3.63, 3.8) is 0 Å². The summed E-state index contributed by atoms with van der Waals surface area (Å²) in [5.74, 6) is 0.830. The van der Waals surface area contributed by atoms with E-state index in [0.29, 0.717) is 6.54 Å². The maximum atomic E-state index is 5.86. The van der Waals surface area contributed by atoms with Crippen LogP contribution in [-0.2, 0) is 7.05 Å². The summed E-state index contributed by atoms with van der Waals surface area (Å²) < 4.78 is 8.75. The summed E-state index contributed by atoms with van der Waals surface area (Å²) in [5.41, 5.74) is 6.73. The number of nitrogens with zero attached hydrogens (tertiary/aromatic N) is 2. The molecule has 17 heavy (non-hydrogen) atoms. The van der Waals surface area contributed by atoms with E-state index in [2.05, 4.69) is 27.7 Å². The zero-order chi connectivity index (χ0) is 12.3. The lowest BCUT2D eigenvalue weighted by atomic mass is 10.2. The minimum atomic E-state index is -0.151. The molecule has 1 aromatic heterocycles. The molecule has 0 aliphatic rings. The Labute approximate surface area is 114 Å². The maximum absolute atomic E-state index is 5.86. The Balaban J connectivity index is 2.15. The second-order valence-electron chi connectivity index (χ2n) is 3.75. The summed E-state index contributed by atoms with van der Waals surface area (Å²) in [7, 11) is 1.88. The maximum Gasteiger partial charge on any atom is 0.139 e. The van der Waals surface area contributed by atoms with Crippen LogP contribution >= 0.6 is 22.6 Å². The summed E-state index contributed by atoms with van der Waals surface area (Å²) >= 11 is 2.26. The van der Waals surface area contributed by atoms with Gasteiger partial charge in [-0.15, -0.1) is 0 Å². The highest BCUT2D eigenvalue weighted by molar-refractivity contribution is 14.1. The van der Waals surface area contributed by atoms with Gasteiger partial charge in [0.25, 0.3) is 0 Å². The van der Waals surface area contributed by atoms with Crippen molar-refractivity contribution in [3.05, 3.63) is 45.8 Å². The van der Waals surface area contributed by atoms with E-state index in [1.54, 1.807) is 10.9 Å². The van der Waals surface area contributed by atoms with E-state index in [-0.39, 0.29) is 6.10 Å². The van der Waals surface area contributed by atoms with Crippen LogP contribution in [0.4, 0.5) is 0 Å². The minimum Gasteiger partial charge on any atom is -0.484 e. The van der Waals surface area contributed by atoms with Crippen molar-refractivity contribution in [2.24, 2.45) is 12.8 Å². The third kappa shape index (κ3) is 3.19. The first-order valence-corrected chi connectivity index (χ1v) is 6.38. The van der Waals surface area contributed by atoms with E-state index in [0.717, 1.165) is 14.9 Å². The Bertz CT molecular complexity index is 498. The zero-order valence-electron chi connectivity index (χ0n) is 9.51. The number of hydrogen-bond donors (Lipinski definition) is 1. The average Bonchev–Trinajstić information content (AvgIpc) is 2.73. The molecule has 0 aliphatic carbocycles. The van der Waals surface area contributed by atoms with Gasteiger partial charge in [0.1, 0.15) is 11.9 Å². The van der Waals surface area contributed by atoms with Gasteiger partial charge in [0, 0.05) is 28.9 Å². The van der Waals surface area contributed by atoms with Gasteiger partial charge in [-0.05, 0) is 40.8 Å². The van der Waals surface area contributed by atoms with Crippen LogP contribution in [0.15, 0.2) is 36.7 Å². The van der Waals surface area contributed by atoms with Crippen molar-refractivity contribution >= 4 is 22.6 Å². The van der Waals surface area contributed by atoms with Crippen LogP contribution in [0.1, 0.15) is 11.7 Å². The average molecular weight is 343 g/mol. The molecular weight excluding hydrogens is 329 g/mol. The first kappa shape index (κ1) is 12.4. The van der Waals surface area contributed by atoms with E-state index in [9.17, 15) is 0 Å². The van der Waals surface area contributed by atoms with Crippen molar-refractivity contribution in [1.82, 2.24) is 9.78 Å². The monoisotopic (exact) mass is 343 g/mol. The fourth-order valence-electron chi connectivity index (χ4n) is 1.56. The van der Waals surface area contributed by atoms with Gasteiger partial charge in [-0.25, -0.2) is 0 Å². The number of aryl methyl sites for hydroxylation is 1. The lowest BCUT2D eigenvalue weighted by Crippen LogP contribution is -2.18. The van der Waals surface area contributed by atoms with Crippen LogP contribution in [0.2, 0.25) is 0 Å². The summed E-state index contributed by atoms with van der Waals surface area (Å²) in [4.78, 5) is 0. The third-order valence-corrected chi connectivity index (χ3v) is 3.06. The highest BCUT2D eigenvalue weighted by atomic mass is 127. The molecule has 1 unspecified atom stereocenters. The SMILES string of the molecule is Cn1cc(C(CN)Oc2cccc(I)c2)cn1. The fourth-order valence-corrected chi connectivity index (χ4v) is 2.08. The fraction of sp³-hybridized carbons (Fsp3) is 0.250. The van der Waals surface area contributed by atoms with Crippen molar-refractivity contribution in [1.29, 1.82) is 0 Å².